The summed E-state index contributed by atoms with van der Waals surface area (Å²) < 4.78 is 0. The van der Waals surface area contributed by atoms with E-state index in [1.165, 1.54) is 25.7 Å². The van der Waals surface area contributed by atoms with Crippen molar-refractivity contribution in [1.82, 2.24) is 5.32 Å². The highest BCUT2D eigenvalue weighted by atomic mass is 32.2. The standard InChI is InChI=1S/C8H15NOS/c1-9-8(10)6-11-7-4-2-3-5-7/h7H,2-6H2,1H3,(H,9,10). The normalized spacial score (nSPS) is 18.6. The van der Waals surface area contributed by atoms with Crippen LogP contribution in [0.2, 0.25) is 0 Å². The molecule has 1 fully saturated rings. The Kier molecular flexibility index (Phi) is 3.77. The van der Waals surface area contributed by atoms with Gasteiger partial charge in [0.25, 0.3) is 0 Å². The second kappa shape index (κ2) is 4.65. The van der Waals surface area contributed by atoms with Crippen LogP contribution in [0.4, 0.5) is 0 Å². The van der Waals surface area contributed by atoms with Gasteiger partial charge in [-0.2, -0.15) is 0 Å². The summed E-state index contributed by atoms with van der Waals surface area (Å²) in [4.78, 5) is 10.8. The fourth-order valence-corrected chi connectivity index (χ4v) is 2.52. The van der Waals surface area contributed by atoms with Gasteiger partial charge in [-0.15, -0.1) is 11.8 Å². The van der Waals surface area contributed by atoms with Crippen LogP contribution in [0, 0.1) is 0 Å². The lowest BCUT2D eigenvalue weighted by Gasteiger charge is -2.06. The van der Waals surface area contributed by atoms with Gasteiger partial charge in [-0.3, -0.25) is 4.79 Å². The minimum absolute atomic E-state index is 0.155. The SMILES string of the molecule is CNC(=O)CSC1CCCC1. The molecule has 0 aromatic rings. The van der Waals surface area contributed by atoms with Gasteiger partial charge in [0, 0.05) is 12.3 Å². The van der Waals surface area contributed by atoms with Gasteiger partial charge in [0.15, 0.2) is 0 Å². The Morgan fingerprint density at radius 1 is 1.55 bits per heavy atom. The summed E-state index contributed by atoms with van der Waals surface area (Å²) in [5, 5.41) is 3.39. The fraction of sp³-hybridized carbons (Fsp3) is 0.875. The number of nitrogens with one attached hydrogen (secondary N) is 1. The van der Waals surface area contributed by atoms with E-state index in [0.29, 0.717) is 5.75 Å². The van der Waals surface area contributed by atoms with E-state index in [-0.39, 0.29) is 5.91 Å². The third-order valence-electron chi connectivity index (χ3n) is 2.03. The summed E-state index contributed by atoms with van der Waals surface area (Å²) in [6, 6.07) is 0. The van der Waals surface area contributed by atoms with Crippen molar-refractivity contribution >= 4 is 17.7 Å². The van der Waals surface area contributed by atoms with Crippen LogP contribution >= 0.6 is 11.8 Å². The zero-order valence-electron chi connectivity index (χ0n) is 6.93. The zero-order chi connectivity index (χ0) is 8.10. The average Bonchev–Trinajstić information content (AvgIpc) is 2.52. The molecule has 1 saturated carbocycles. The van der Waals surface area contributed by atoms with Gasteiger partial charge in [0.1, 0.15) is 0 Å². The molecule has 0 aliphatic heterocycles. The number of thioether (sulfide) groups is 1. The van der Waals surface area contributed by atoms with E-state index in [0.717, 1.165) is 5.25 Å². The molecular weight excluding hydrogens is 158 g/mol. The van der Waals surface area contributed by atoms with E-state index < -0.39 is 0 Å². The molecule has 0 atom stereocenters. The van der Waals surface area contributed by atoms with Crippen LogP contribution in [-0.4, -0.2) is 24.0 Å². The largest absolute Gasteiger partial charge is 0.358 e. The second-order valence-electron chi connectivity index (χ2n) is 2.89. The predicted molar refractivity (Wildman–Crippen MR) is 48.8 cm³/mol. The number of amides is 1. The van der Waals surface area contributed by atoms with Crippen molar-refractivity contribution in [3.05, 3.63) is 0 Å². The second-order valence-corrected chi connectivity index (χ2v) is 4.18. The first kappa shape index (κ1) is 8.91. The number of carbonyl (C=O) groups excluding carboxylic acids is 1. The van der Waals surface area contributed by atoms with Gasteiger partial charge in [0.2, 0.25) is 5.91 Å². The number of hydrogen-bond donors (Lipinski definition) is 1. The Morgan fingerprint density at radius 3 is 2.73 bits per heavy atom. The highest BCUT2D eigenvalue weighted by Gasteiger charge is 2.15. The molecule has 3 heteroatoms. The summed E-state index contributed by atoms with van der Waals surface area (Å²) in [7, 11) is 1.69. The molecule has 0 bridgehead atoms. The highest BCUT2D eigenvalue weighted by molar-refractivity contribution is 8.00. The maximum absolute atomic E-state index is 10.8. The van der Waals surface area contributed by atoms with E-state index in [9.17, 15) is 4.79 Å². The molecule has 1 aliphatic carbocycles. The molecular formula is C8H15NOS. The molecule has 0 spiro atoms. The fourth-order valence-electron chi connectivity index (χ4n) is 1.32. The van der Waals surface area contributed by atoms with Crippen molar-refractivity contribution in [2.24, 2.45) is 0 Å². The van der Waals surface area contributed by atoms with Crippen molar-refractivity contribution in [3.8, 4) is 0 Å². The van der Waals surface area contributed by atoms with E-state index in [1.807, 2.05) is 0 Å². The number of hydrogen-bond acceptors (Lipinski definition) is 2. The summed E-state index contributed by atoms with van der Waals surface area (Å²) in [5.74, 6) is 0.795. The Bertz CT molecular complexity index is 132. The van der Waals surface area contributed by atoms with Crippen LogP contribution in [0.5, 0.6) is 0 Å². The molecule has 0 heterocycles. The van der Waals surface area contributed by atoms with Crippen molar-refractivity contribution < 1.29 is 4.79 Å². The van der Waals surface area contributed by atoms with Gasteiger partial charge in [-0.05, 0) is 12.8 Å². The van der Waals surface area contributed by atoms with Gasteiger partial charge in [0.05, 0.1) is 5.75 Å². The minimum Gasteiger partial charge on any atom is -0.358 e. The topological polar surface area (TPSA) is 29.1 Å². The zero-order valence-corrected chi connectivity index (χ0v) is 7.75. The molecule has 1 amide bonds. The lowest BCUT2D eigenvalue weighted by atomic mass is 10.4. The Hall–Kier alpha value is -0.180. The molecule has 1 aliphatic rings. The first-order valence-corrected chi connectivity index (χ1v) is 5.20. The minimum atomic E-state index is 0.155. The summed E-state index contributed by atoms with van der Waals surface area (Å²) in [6.07, 6.45) is 5.32. The summed E-state index contributed by atoms with van der Waals surface area (Å²) >= 11 is 1.80. The molecule has 0 aromatic carbocycles. The first-order valence-electron chi connectivity index (χ1n) is 4.15. The molecule has 64 valence electrons. The van der Waals surface area contributed by atoms with E-state index in [1.54, 1.807) is 18.8 Å². The van der Waals surface area contributed by atoms with Gasteiger partial charge >= 0.3 is 0 Å². The average molecular weight is 173 g/mol. The van der Waals surface area contributed by atoms with Gasteiger partial charge < -0.3 is 5.32 Å². The molecule has 1 N–H and O–H groups in total. The molecule has 11 heavy (non-hydrogen) atoms. The number of carbonyl (C=O) groups is 1. The van der Waals surface area contributed by atoms with Crippen molar-refractivity contribution in [2.75, 3.05) is 12.8 Å². The summed E-state index contributed by atoms with van der Waals surface area (Å²) in [5.41, 5.74) is 0. The van der Waals surface area contributed by atoms with Crippen molar-refractivity contribution in [1.29, 1.82) is 0 Å². The molecule has 0 radical (unpaired) electrons. The van der Waals surface area contributed by atoms with Crippen LogP contribution in [-0.2, 0) is 4.79 Å². The Balaban J connectivity index is 2.06. The Labute approximate surface area is 72.1 Å². The highest BCUT2D eigenvalue weighted by Crippen LogP contribution is 2.28. The third kappa shape index (κ3) is 3.14. The van der Waals surface area contributed by atoms with Crippen LogP contribution in [0.1, 0.15) is 25.7 Å². The molecule has 1 rings (SSSR count). The molecule has 0 unspecified atom stereocenters. The van der Waals surface area contributed by atoms with Gasteiger partial charge in [-0.25, -0.2) is 0 Å². The lowest BCUT2D eigenvalue weighted by Crippen LogP contribution is -2.20. The van der Waals surface area contributed by atoms with Crippen LogP contribution in [0.3, 0.4) is 0 Å². The Morgan fingerprint density at radius 2 is 2.18 bits per heavy atom. The molecule has 2 nitrogen and oxygen atoms in total. The van der Waals surface area contributed by atoms with Crippen molar-refractivity contribution in [3.63, 3.8) is 0 Å². The predicted octanol–water partition coefficient (Wildman–Crippen LogP) is 1.41. The third-order valence-corrected chi connectivity index (χ3v) is 3.40. The van der Waals surface area contributed by atoms with Crippen LogP contribution < -0.4 is 5.32 Å². The van der Waals surface area contributed by atoms with Gasteiger partial charge in [-0.1, -0.05) is 12.8 Å². The monoisotopic (exact) mass is 173 g/mol. The van der Waals surface area contributed by atoms with E-state index in [4.69, 9.17) is 0 Å². The quantitative estimate of drug-likeness (QED) is 0.699. The van der Waals surface area contributed by atoms with E-state index in [2.05, 4.69) is 5.32 Å². The number of rotatable bonds is 3. The van der Waals surface area contributed by atoms with Crippen LogP contribution in [0.15, 0.2) is 0 Å². The molecule has 0 aromatic heterocycles. The maximum atomic E-state index is 10.8. The first-order chi connectivity index (χ1) is 5.33. The summed E-state index contributed by atoms with van der Waals surface area (Å²) in [6.45, 7) is 0. The maximum Gasteiger partial charge on any atom is 0.229 e. The van der Waals surface area contributed by atoms with Crippen LogP contribution in [0.25, 0.3) is 0 Å². The van der Waals surface area contributed by atoms with E-state index >= 15 is 0 Å². The molecule has 0 saturated heterocycles. The smallest absolute Gasteiger partial charge is 0.229 e. The lowest BCUT2D eigenvalue weighted by molar-refractivity contribution is -0.118. The van der Waals surface area contributed by atoms with Crippen molar-refractivity contribution in [2.45, 2.75) is 30.9 Å².